The van der Waals surface area contributed by atoms with Crippen molar-refractivity contribution in [2.24, 2.45) is 5.73 Å². The second-order valence-electron chi connectivity index (χ2n) is 4.41. The van der Waals surface area contributed by atoms with E-state index in [-0.39, 0.29) is 18.1 Å². The molecule has 1 amide bonds. The Hall–Kier alpha value is -0.260. The van der Waals surface area contributed by atoms with Gasteiger partial charge in [-0.2, -0.15) is 0 Å². The molecule has 0 bridgehead atoms. The molecule has 3 unspecified atom stereocenters. The van der Waals surface area contributed by atoms with Crippen LogP contribution in [-0.4, -0.2) is 53.7 Å². The zero-order chi connectivity index (χ0) is 12.1. The highest BCUT2D eigenvalue weighted by molar-refractivity contribution is 8.00. The maximum absolute atomic E-state index is 11.9. The molecule has 2 N–H and O–H groups in total. The molecule has 0 aromatic rings. The number of carbonyl (C=O) groups excluding carboxylic acids is 1. The number of amides is 1. The van der Waals surface area contributed by atoms with Gasteiger partial charge < -0.3 is 15.4 Å². The summed E-state index contributed by atoms with van der Waals surface area (Å²) >= 11 is 1.62. The minimum Gasteiger partial charge on any atom is -0.372 e. The van der Waals surface area contributed by atoms with Gasteiger partial charge in [-0.25, -0.2) is 0 Å². The van der Waals surface area contributed by atoms with Crippen LogP contribution in [0.25, 0.3) is 0 Å². The number of ether oxygens (including phenoxy) is 1. The van der Waals surface area contributed by atoms with E-state index in [0.29, 0.717) is 30.6 Å². The maximum Gasteiger partial charge on any atom is 0.232 e. The van der Waals surface area contributed by atoms with E-state index >= 15 is 0 Å². The SMILES string of the molecule is CC1CN(C(=O)CSC(C)CN)CC(C)O1. The number of hydrogen-bond donors (Lipinski definition) is 1. The first-order chi connectivity index (χ1) is 7.52. The third-order valence-electron chi connectivity index (χ3n) is 2.60. The van der Waals surface area contributed by atoms with Crippen molar-refractivity contribution in [1.82, 2.24) is 4.90 Å². The Kier molecular flexibility index (Phi) is 5.58. The molecule has 3 atom stereocenters. The largest absolute Gasteiger partial charge is 0.372 e. The predicted octanol–water partition coefficient (Wildman–Crippen LogP) is 0.703. The van der Waals surface area contributed by atoms with Crippen LogP contribution in [0.5, 0.6) is 0 Å². The minimum absolute atomic E-state index is 0.143. The van der Waals surface area contributed by atoms with Gasteiger partial charge >= 0.3 is 0 Å². The molecule has 0 aromatic heterocycles. The lowest BCUT2D eigenvalue weighted by Gasteiger charge is -2.35. The topological polar surface area (TPSA) is 55.6 Å². The van der Waals surface area contributed by atoms with E-state index in [1.807, 2.05) is 25.7 Å². The first kappa shape index (κ1) is 13.8. The summed E-state index contributed by atoms with van der Waals surface area (Å²) in [6, 6.07) is 0. The molecule has 4 nitrogen and oxygen atoms in total. The van der Waals surface area contributed by atoms with Crippen LogP contribution in [0.15, 0.2) is 0 Å². The van der Waals surface area contributed by atoms with Crippen molar-refractivity contribution in [3.8, 4) is 0 Å². The first-order valence-corrected chi connectivity index (χ1v) is 6.82. The molecule has 0 aromatic carbocycles. The van der Waals surface area contributed by atoms with Gasteiger partial charge in [0.05, 0.1) is 18.0 Å². The van der Waals surface area contributed by atoms with Crippen LogP contribution in [0.4, 0.5) is 0 Å². The fourth-order valence-corrected chi connectivity index (χ4v) is 2.50. The standard InChI is InChI=1S/C11H22N2O2S/c1-8-5-13(6-9(2)15-8)11(14)7-16-10(3)4-12/h8-10H,4-7,12H2,1-3H3. The molecule has 0 saturated carbocycles. The third kappa shape index (κ3) is 4.31. The fourth-order valence-electron chi connectivity index (χ4n) is 1.75. The van der Waals surface area contributed by atoms with E-state index in [0.717, 1.165) is 0 Å². The average molecular weight is 246 g/mol. The lowest BCUT2D eigenvalue weighted by Crippen LogP contribution is -2.48. The highest BCUT2D eigenvalue weighted by Crippen LogP contribution is 2.14. The summed E-state index contributed by atoms with van der Waals surface area (Å²) in [5, 5.41) is 0.347. The van der Waals surface area contributed by atoms with Crippen LogP contribution in [0, 0.1) is 0 Å². The smallest absolute Gasteiger partial charge is 0.232 e. The molecule has 0 spiro atoms. The van der Waals surface area contributed by atoms with Gasteiger partial charge in [0.2, 0.25) is 5.91 Å². The Morgan fingerprint density at radius 1 is 1.50 bits per heavy atom. The highest BCUT2D eigenvalue weighted by Gasteiger charge is 2.25. The summed E-state index contributed by atoms with van der Waals surface area (Å²) in [5.41, 5.74) is 5.52. The fraction of sp³-hybridized carbons (Fsp3) is 0.909. The van der Waals surface area contributed by atoms with Crippen molar-refractivity contribution >= 4 is 17.7 Å². The highest BCUT2D eigenvalue weighted by atomic mass is 32.2. The van der Waals surface area contributed by atoms with Crippen molar-refractivity contribution < 1.29 is 9.53 Å². The molecule has 16 heavy (non-hydrogen) atoms. The summed E-state index contributed by atoms with van der Waals surface area (Å²) in [4.78, 5) is 13.8. The van der Waals surface area contributed by atoms with Gasteiger partial charge in [0.1, 0.15) is 0 Å². The average Bonchev–Trinajstić information content (AvgIpc) is 2.23. The summed E-state index contributed by atoms with van der Waals surface area (Å²) in [6.07, 6.45) is 0.286. The monoisotopic (exact) mass is 246 g/mol. The number of rotatable bonds is 4. The molecule has 0 radical (unpaired) electrons. The number of carbonyl (C=O) groups is 1. The van der Waals surface area contributed by atoms with E-state index < -0.39 is 0 Å². The van der Waals surface area contributed by atoms with Gasteiger partial charge in [-0.15, -0.1) is 11.8 Å². The van der Waals surface area contributed by atoms with Crippen molar-refractivity contribution in [1.29, 1.82) is 0 Å². The molecular weight excluding hydrogens is 224 g/mol. The molecule has 1 saturated heterocycles. The second kappa shape index (κ2) is 6.47. The van der Waals surface area contributed by atoms with E-state index in [1.54, 1.807) is 11.8 Å². The molecule has 94 valence electrons. The summed E-state index contributed by atoms with van der Waals surface area (Å²) in [5.74, 6) is 0.727. The van der Waals surface area contributed by atoms with Crippen molar-refractivity contribution in [2.45, 2.75) is 38.2 Å². The molecular formula is C11H22N2O2S. The van der Waals surface area contributed by atoms with Crippen LogP contribution < -0.4 is 5.73 Å². The number of nitrogens with zero attached hydrogens (tertiary/aromatic N) is 1. The summed E-state index contributed by atoms with van der Waals surface area (Å²) in [7, 11) is 0. The van der Waals surface area contributed by atoms with Crippen molar-refractivity contribution in [3.05, 3.63) is 0 Å². The second-order valence-corrected chi connectivity index (χ2v) is 5.84. The number of nitrogens with two attached hydrogens (primary N) is 1. The lowest BCUT2D eigenvalue weighted by atomic mass is 10.2. The molecule has 0 aliphatic carbocycles. The Morgan fingerprint density at radius 3 is 2.56 bits per heavy atom. The van der Waals surface area contributed by atoms with E-state index in [9.17, 15) is 4.79 Å². The third-order valence-corrected chi connectivity index (χ3v) is 3.77. The normalized spacial score (nSPS) is 27.9. The number of thioether (sulfide) groups is 1. The first-order valence-electron chi connectivity index (χ1n) is 5.77. The molecule has 1 aliphatic rings. The van der Waals surface area contributed by atoms with Gasteiger partial charge in [0.25, 0.3) is 0 Å². The van der Waals surface area contributed by atoms with Crippen LogP contribution in [0.1, 0.15) is 20.8 Å². The zero-order valence-corrected chi connectivity index (χ0v) is 11.1. The minimum atomic E-state index is 0.143. The van der Waals surface area contributed by atoms with Crippen LogP contribution in [0.3, 0.4) is 0 Å². The molecule has 1 rings (SSSR count). The zero-order valence-electron chi connectivity index (χ0n) is 10.3. The van der Waals surface area contributed by atoms with E-state index in [4.69, 9.17) is 10.5 Å². The van der Waals surface area contributed by atoms with E-state index in [1.165, 1.54) is 0 Å². The predicted molar refractivity (Wildman–Crippen MR) is 67.6 cm³/mol. The Balaban J connectivity index is 2.35. The van der Waals surface area contributed by atoms with Gasteiger partial charge in [-0.05, 0) is 13.8 Å². The summed E-state index contributed by atoms with van der Waals surface area (Å²) < 4.78 is 5.59. The van der Waals surface area contributed by atoms with Crippen molar-refractivity contribution in [3.63, 3.8) is 0 Å². The molecule has 1 heterocycles. The quantitative estimate of drug-likeness (QED) is 0.793. The maximum atomic E-state index is 11.9. The number of hydrogen-bond acceptors (Lipinski definition) is 4. The van der Waals surface area contributed by atoms with Crippen molar-refractivity contribution in [2.75, 3.05) is 25.4 Å². The summed E-state index contributed by atoms with van der Waals surface area (Å²) in [6.45, 7) is 8.09. The van der Waals surface area contributed by atoms with Crippen LogP contribution in [0.2, 0.25) is 0 Å². The van der Waals surface area contributed by atoms with Gasteiger partial charge in [0.15, 0.2) is 0 Å². The van der Waals surface area contributed by atoms with E-state index in [2.05, 4.69) is 0 Å². The Labute approximate surface area is 102 Å². The van der Waals surface area contributed by atoms with Crippen LogP contribution >= 0.6 is 11.8 Å². The Morgan fingerprint density at radius 2 is 2.06 bits per heavy atom. The van der Waals surface area contributed by atoms with Gasteiger partial charge in [0, 0.05) is 24.9 Å². The van der Waals surface area contributed by atoms with Gasteiger partial charge in [-0.1, -0.05) is 6.92 Å². The van der Waals surface area contributed by atoms with Gasteiger partial charge in [-0.3, -0.25) is 4.79 Å². The van der Waals surface area contributed by atoms with Crippen LogP contribution in [-0.2, 0) is 9.53 Å². The lowest BCUT2D eigenvalue weighted by molar-refractivity contribution is -0.140. The molecule has 5 heteroatoms. The number of morpholine rings is 1. The molecule has 1 fully saturated rings. The molecule has 1 aliphatic heterocycles. The Bertz CT molecular complexity index is 228.